The van der Waals surface area contributed by atoms with Gasteiger partial charge in [0.05, 0.1) is 11.6 Å². The summed E-state index contributed by atoms with van der Waals surface area (Å²) >= 11 is 1.35. The minimum absolute atomic E-state index is 0.716. The van der Waals surface area contributed by atoms with Crippen LogP contribution in [0.25, 0.3) is 43.4 Å². The van der Waals surface area contributed by atoms with Crippen molar-refractivity contribution in [2.24, 2.45) is 0 Å². The molecule has 0 amide bonds. The van der Waals surface area contributed by atoms with E-state index in [9.17, 15) is 13.2 Å². The number of nitrogens with zero attached hydrogens (tertiary/aromatic N) is 1. The van der Waals surface area contributed by atoms with Crippen LogP contribution in [0.3, 0.4) is 0 Å². The molecule has 9 heteroatoms. The highest BCUT2D eigenvalue weighted by atomic mass is 32.2. The monoisotopic (exact) mass is 615 g/mol. The standard InChI is InChI=1S/C33H23NS.CHF3O3S/c34-20-23-12-14-24(15-13-23)21-35-22-25-6-5-10-29(16-25)33-31-11-4-3-9-28(31)18-30-17-26-7-1-2-8-27(26)19-32(30)33;2-1(3,4)8(5,6)7/h1-19H,21-22H2;(H,5,6,7). The van der Waals surface area contributed by atoms with Gasteiger partial charge >= 0.3 is 5.51 Å². The molecular formula is C34H24F3NO3S2. The van der Waals surface area contributed by atoms with E-state index in [2.05, 4.69) is 109 Å². The van der Waals surface area contributed by atoms with Crippen molar-refractivity contribution in [3.05, 3.63) is 132 Å². The van der Waals surface area contributed by atoms with Crippen LogP contribution in [-0.2, 0) is 33.4 Å². The number of nitriles is 1. The second-order valence-electron chi connectivity index (χ2n) is 9.84. The number of hydrogen-bond acceptors (Lipinski definition) is 4. The molecule has 0 bridgehead atoms. The Hall–Kier alpha value is -4.36. The van der Waals surface area contributed by atoms with Crippen LogP contribution in [0.5, 0.6) is 0 Å². The summed E-state index contributed by atoms with van der Waals surface area (Å²) in [6.07, 6.45) is 0. The quantitative estimate of drug-likeness (QED) is 0.0643. The van der Waals surface area contributed by atoms with Crippen LogP contribution in [0.15, 0.2) is 115 Å². The normalized spacial score (nSPS) is 11.7. The fourth-order valence-electron chi connectivity index (χ4n) is 4.89. The number of hydrogen-bond donors (Lipinski definition) is 0. The summed E-state index contributed by atoms with van der Waals surface area (Å²) in [4.78, 5) is 0. The van der Waals surface area contributed by atoms with E-state index in [-0.39, 0.29) is 0 Å². The maximum absolute atomic E-state index is 10.7. The second-order valence-corrected chi connectivity index (χ2v) is 12.3. The Balaban J connectivity index is 0.000000407. The highest BCUT2D eigenvalue weighted by molar-refractivity contribution is 7.86. The highest BCUT2D eigenvalue weighted by Gasteiger charge is 2.36. The smallest absolute Gasteiger partial charge is 0.485 e. The molecule has 6 aromatic carbocycles. The van der Waals surface area contributed by atoms with Crippen molar-refractivity contribution in [1.29, 1.82) is 5.26 Å². The fraction of sp³-hybridized carbons (Fsp3) is 0.0882. The van der Waals surface area contributed by atoms with E-state index in [1.54, 1.807) is 0 Å². The number of rotatable bonds is 5. The van der Waals surface area contributed by atoms with Crippen molar-refractivity contribution in [3.8, 4) is 17.2 Å². The molecule has 0 heterocycles. The van der Waals surface area contributed by atoms with Crippen LogP contribution in [0.1, 0.15) is 16.7 Å². The van der Waals surface area contributed by atoms with Crippen molar-refractivity contribution < 1.29 is 26.1 Å². The van der Waals surface area contributed by atoms with Crippen LogP contribution in [0.4, 0.5) is 13.2 Å². The van der Waals surface area contributed by atoms with Crippen molar-refractivity contribution in [3.63, 3.8) is 0 Å². The molecule has 4 nitrogen and oxygen atoms in total. The first-order chi connectivity index (χ1) is 20.5. The number of halogens is 3. The largest absolute Gasteiger partial charge is 0.741 e. The molecule has 0 saturated carbocycles. The molecule has 0 aliphatic heterocycles. The van der Waals surface area contributed by atoms with Gasteiger partial charge in [-0.15, -0.1) is 0 Å². The molecule has 0 spiro atoms. The van der Waals surface area contributed by atoms with E-state index >= 15 is 0 Å². The van der Waals surface area contributed by atoms with Gasteiger partial charge in [0.25, 0.3) is 0 Å². The first kappa shape index (κ1) is 30.1. The zero-order valence-corrected chi connectivity index (χ0v) is 24.3. The van der Waals surface area contributed by atoms with Crippen LogP contribution >= 0.6 is 0 Å². The van der Waals surface area contributed by atoms with Crippen molar-refractivity contribution in [1.82, 2.24) is 0 Å². The number of benzene rings is 6. The summed E-state index contributed by atoms with van der Waals surface area (Å²) in [5, 5.41) is 16.7. The lowest BCUT2D eigenvalue weighted by molar-refractivity contribution is -0.0517. The summed E-state index contributed by atoms with van der Waals surface area (Å²) in [6.45, 7) is 0. The summed E-state index contributed by atoms with van der Waals surface area (Å²) in [6, 6.07) is 43.5. The Morgan fingerprint density at radius 3 is 1.91 bits per heavy atom. The van der Waals surface area contributed by atoms with E-state index in [1.807, 2.05) is 12.1 Å². The van der Waals surface area contributed by atoms with Crippen molar-refractivity contribution >= 4 is 54.2 Å². The molecular weight excluding hydrogens is 592 g/mol. The van der Waals surface area contributed by atoms with Gasteiger partial charge in [0, 0.05) is 11.1 Å². The van der Waals surface area contributed by atoms with Gasteiger partial charge in [-0.3, -0.25) is 0 Å². The topological polar surface area (TPSA) is 81.0 Å². The summed E-state index contributed by atoms with van der Waals surface area (Å²) in [7, 11) is -6.09. The fourth-order valence-corrected chi connectivity index (χ4v) is 5.93. The van der Waals surface area contributed by atoms with Crippen LogP contribution in [0, 0.1) is 11.3 Å². The first-order valence-corrected chi connectivity index (χ1v) is 15.8. The van der Waals surface area contributed by atoms with E-state index < -0.39 is 15.6 Å². The van der Waals surface area contributed by atoms with Gasteiger partial charge in [0.2, 0.25) is 0 Å². The van der Waals surface area contributed by atoms with Gasteiger partial charge in [-0.25, -0.2) is 8.42 Å². The van der Waals surface area contributed by atoms with Gasteiger partial charge in [-0.2, -0.15) is 18.4 Å². The SMILES string of the molecule is N#Cc1ccc(C[SH+]Cc2cccc(-c3c4ccccc4cc4cc5ccccc5cc34)c2)cc1.O=S(=O)([O-])C(F)(F)F. The zero-order chi connectivity index (χ0) is 30.6. The highest BCUT2D eigenvalue weighted by Crippen LogP contribution is 2.38. The molecule has 0 fully saturated rings. The third kappa shape index (κ3) is 7.00. The van der Waals surface area contributed by atoms with Crippen LogP contribution in [-0.4, -0.2) is 18.5 Å². The molecule has 0 atom stereocenters. The van der Waals surface area contributed by atoms with Gasteiger partial charge in [-0.05, 0) is 91.6 Å². The average Bonchev–Trinajstić information content (AvgIpc) is 2.98. The summed E-state index contributed by atoms with van der Waals surface area (Å²) in [5.74, 6) is 1.98. The molecule has 0 aromatic heterocycles. The van der Waals surface area contributed by atoms with Gasteiger partial charge in [0.15, 0.2) is 10.1 Å². The van der Waals surface area contributed by atoms with E-state index in [1.165, 1.54) is 66.3 Å². The molecule has 0 aliphatic rings. The molecule has 6 aromatic rings. The summed E-state index contributed by atoms with van der Waals surface area (Å²) in [5.41, 5.74) is 0.275. The van der Waals surface area contributed by atoms with Crippen LogP contribution in [0.2, 0.25) is 0 Å². The van der Waals surface area contributed by atoms with Gasteiger partial charge in [-0.1, -0.05) is 78.9 Å². The molecule has 216 valence electrons. The first-order valence-electron chi connectivity index (χ1n) is 13.1. The van der Waals surface area contributed by atoms with E-state index in [0.29, 0.717) is 5.56 Å². The molecule has 6 rings (SSSR count). The Bertz CT molecular complexity index is 2080. The third-order valence-corrected chi connectivity index (χ3v) is 8.64. The third-order valence-electron chi connectivity index (χ3n) is 6.90. The molecule has 0 unspecified atom stereocenters. The van der Waals surface area contributed by atoms with E-state index in [0.717, 1.165) is 11.5 Å². The Kier molecular flexibility index (Phi) is 8.74. The Morgan fingerprint density at radius 2 is 1.26 bits per heavy atom. The Labute approximate surface area is 251 Å². The lowest BCUT2D eigenvalue weighted by Gasteiger charge is -2.14. The summed E-state index contributed by atoms with van der Waals surface area (Å²) < 4.78 is 58.9. The maximum atomic E-state index is 10.7. The predicted molar refractivity (Wildman–Crippen MR) is 167 cm³/mol. The van der Waals surface area contributed by atoms with Gasteiger partial charge in [0.1, 0.15) is 11.5 Å². The van der Waals surface area contributed by atoms with E-state index in [4.69, 9.17) is 18.2 Å². The lowest BCUT2D eigenvalue weighted by Crippen LogP contribution is -2.21. The minimum atomic E-state index is -6.09. The number of alkyl halides is 3. The molecule has 0 N–H and O–H groups in total. The predicted octanol–water partition coefficient (Wildman–Crippen LogP) is 8.25. The molecule has 0 radical (unpaired) electrons. The molecule has 43 heavy (non-hydrogen) atoms. The zero-order valence-electron chi connectivity index (χ0n) is 22.5. The lowest BCUT2D eigenvalue weighted by atomic mass is 9.90. The second kappa shape index (κ2) is 12.5. The van der Waals surface area contributed by atoms with Crippen molar-refractivity contribution in [2.45, 2.75) is 17.0 Å². The van der Waals surface area contributed by atoms with Crippen LogP contribution < -0.4 is 0 Å². The van der Waals surface area contributed by atoms with Crippen molar-refractivity contribution in [2.75, 3.05) is 0 Å². The number of thiol groups is 1. The average molecular weight is 616 g/mol. The number of fused-ring (bicyclic) bond motifs is 3. The Morgan fingerprint density at radius 1 is 0.674 bits per heavy atom. The molecule has 0 aliphatic carbocycles. The molecule has 0 saturated heterocycles. The minimum Gasteiger partial charge on any atom is -0.741 e. The maximum Gasteiger partial charge on any atom is 0.485 e. The van der Waals surface area contributed by atoms with Gasteiger partial charge < -0.3 is 4.55 Å².